The molecule has 2 heterocycles. The molecule has 1 unspecified atom stereocenters. The third-order valence-corrected chi connectivity index (χ3v) is 5.64. The van der Waals surface area contributed by atoms with Gasteiger partial charge in [0.2, 0.25) is 0 Å². The molecule has 4 rings (SSSR count). The summed E-state index contributed by atoms with van der Waals surface area (Å²) in [6.45, 7) is 9.10. The number of allylic oxidation sites excluding steroid dienone is 6. The number of nitrogens with zero attached hydrogens (tertiary/aromatic N) is 1. The van der Waals surface area contributed by atoms with E-state index in [-0.39, 0.29) is 0 Å². The lowest BCUT2D eigenvalue weighted by atomic mass is 9.84. The van der Waals surface area contributed by atoms with E-state index in [4.69, 9.17) is 0 Å². The number of aryl methyl sites for hydroxylation is 1. The first-order chi connectivity index (χ1) is 12.5. The van der Waals surface area contributed by atoms with Crippen LogP contribution in [-0.2, 0) is 0 Å². The van der Waals surface area contributed by atoms with Gasteiger partial charge in [0.15, 0.2) is 0 Å². The van der Waals surface area contributed by atoms with Gasteiger partial charge in [0.25, 0.3) is 0 Å². The molecule has 2 aliphatic heterocycles. The Morgan fingerprint density at radius 2 is 1.96 bits per heavy atom. The SMILES string of the molecule is CC1=CN2C=Cc3cc(C4=CCCC=C4)c(C)cc3C2C=C1CC(C)C. The van der Waals surface area contributed by atoms with Crippen LogP contribution in [0.3, 0.4) is 0 Å². The van der Waals surface area contributed by atoms with Crippen LogP contribution in [0.15, 0.2) is 60.0 Å². The van der Waals surface area contributed by atoms with Crippen LogP contribution in [0.1, 0.15) is 68.3 Å². The molecule has 0 fully saturated rings. The molecule has 26 heavy (non-hydrogen) atoms. The van der Waals surface area contributed by atoms with Crippen molar-refractivity contribution in [1.29, 1.82) is 0 Å². The van der Waals surface area contributed by atoms with Gasteiger partial charge in [-0.1, -0.05) is 44.2 Å². The molecular weight excluding hydrogens is 314 g/mol. The van der Waals surface area contributed by atoms with E-state index in [1.165, 1.54) is 45.4 Å². The molecule has 3 aliphatic rings. The summed E-state index contributed by atoms with van der Waals surface area (Å²) in [7, 11) is 0. The Balaban J connectivity index is 1.75. The second kappa shape index (κ2) is 6.79. The summed E-state index contributed by atoms with van der Waals surface area (Å²) in [4.78, 5) is 2.36. The third-order valence-electron chi connectivity index (χ3n) is 5.64. The van der Waals surface area contributed by atoms with Crippen molar-refractivity contribution in [2.24, 2.45) is 5.92 Å². The van der Waals surface area contributed by atoms with Crippen molar-refractivity contribution in [2.45, 2.75) is 53.0 Å². The second-order valence-corrected chi connectivity index (χ2v) is 8.25. The fourth-order valence-corrected chi connectivity index (χ4v) is 4.29. The Hall–Kier alpha value is -2.28. The zero-order chi connectivity index (χ0) is 18.3. The van der Waals surface area contributed by atoms with Gasteiger partial charge in [-0.05, 0) is 90.1 Å². The Morgan fingerprint density at radius 3 is 2.69 bits per heavy atom. The van der Waals surface area contributed by atoms with Crippen LogP contribution in [0.25, 0.3) is 11.6 Å². The Kier molecular flexibility index (Phi) is 4.48. The number of benzene rings is 1. The van der Waals surface area contributed by atoms with Crippen molar-refractivity contribution < 1.29 is 0 Å². The van der Waals surface area contributed by atoms with Crippen molar-refractivity contribution in [3.05, 3.63) is 82.2 Å². The van der Waals surface area contributed by atoms with E-state index in [0.717, 1.165) is 12.8 Å². The molecule has 0 radical (unpaired) electrons. The lowest BCUT2D eigenvalue weighted by Gasteiger charge is -2.36. The molecule has 0 spiro atoms. The summed E-state index contributed by atoms with van der Waals surface area (Å²) >= 11 is 0. The van der Waals surface area contributed by atoms with Gasteiger partial charge in [0, 0.05) is 12.4 Å². The first-order valence-corrected chi connectivity index (χ1v) is 9.89. The van der Waals surface area contributed by atoms with Crippen molar-refractivity contribution in [3.8, 4) is 0 Å². The minimum absolute atomic E-state index is 0.330. The molecule has 134 valence electrons. The average molecular weight is 344 g/mol. The summed E-state index contributed by atoms with van der Waals surface area (Å²) in [5, 5.41) is 0. The molecule has 0 saturated carbocycles. The van der Waals surface area contributed by atoms with Crippen LogP contribution in [-0.4, -0.2) is 4.90 Å². The molecule has 1 aromatic rings. The zero-order valence-electron chi connectivity index (χ0n) is 16.4. The third kappa shape index (κ3) is 3.11. The molecule has 1 aromatic carbocycles. The van der Waals surface area contributed by atoms with E-state index in [9.17, 15) is 0 Å². The zero-order valence-corrected chi connectivity index (χ0v) is 16.4. The number of hydrogen-bond acceptors (Lipinski definition) is 1. The smallest absolute Gasteiger partial charge is 0.0775 e. The predicted molar refractivity (Wildman–Crippen MR) is 112 cm³/mol. The molecule has 0 bridgehead atoms. The minimum Gasteiger partial charge on any atom is -0.343 e. The highest BCUT2D eigenvalue weighted by Crippen LogP contribution is 2.40. The van der Waals surface area contributed by atoms with E-state index < -0.39 is 0 Å². The van der Waals surface area contributed by atoms with Crippen LogP contribution >= 0.6 is 0 Å². The minimum atomic E-state index is 0.330. The molecule has 0 saturated heterocycles. The van der Waals surface area contributed by atoms with E-state index in [2.05, 4.69) is 87.5 Å². The molecule has 1 nitrogen and oxygen atoms in total. The second-order valence-electron chi connectivity index (χ2n) is 8.25. The number of hydrogen-bond donors (Lipinski definition) is 0. The van der Waals surface area contributed by atoms with Crippen molar-refractivity contribution in [2.75, 3.05) is 0 Å². The lowest BCUT2D eigenvalue weighted by molar-refractivity contribution is 0.419. The lowest BCUT2D eigenvalue weighted by Crippen LogP contribution is -2.24. The Bertz CT molecular complexity index is 874. The summed E-state index contributed by atoms with van der Waals surface area (Å²) in [6.07, 6.45) is 19.7. The molecule has 0 amide bonds. The van der Waals surface area contributed by atoms with Crippen molar-refractivity contribution in [3.63, 3.8) is 0 Å². The average Bonchev–Trinajstić information content (AvgIpc) is 2.62. The van der Waals surface area contributed by atoms with E-state index in [0.29, 0.717) is 12.0 Å². The van der Waals surface area contributed by atoms with Crippen molar-refractivity contribution >= 4 is 11.6 Å². The molecule has 1 atom stereocenters. The van der Waals surface area contributed by atoms with Gasteiger partial charge in [-0.25, -0.2) is 0 Å². The van der Waals surface area contributed by atoms with Crippen LogP contribution < -0.4 is 0 Å². The van der Waals surface area contributed by atoms with Gasteiger partial charge in [-0.15, -0.1) is 0 Å². The maximum absolute atomic E-state index is 2.48. The summed E-state index contributed by atoms with van der Waals surface area (Å²) in [5.74, 6) is 0.684. The van der Waals surface area contributed by atoms with Crippen LogP contribution in [0.4, 0.5) is 0 Å². The standard InChI is InChI=1S/C25H29N/c1-17(2)12-22-15-25-24-13-18(3)23(20-8-6-5-7-9-20)14-21(24)10-11-26(25)16-19(22)4/h6,8-11,13-17,25H,5,7,12H2,1-4H3. The van der Waals surface area contributed by atoms with Crippen LogP contribution in [0, 0.1) is 12.8 Å². The topological polar surface area (TPSA) is 3.24 Å². The fourth-order valence-electron chi connectivity index (χ4n) is 4.29. The highest BCUT2D eigenvalue weighted by atomic mass is 15.1. The van der Waals surface area contributed by atoms with Gasteiger partial charge >= 0.3 is 0 Å². The summed E-state index contributed by atoms with van der Waals surface area (Å²) in [5.41, 5.74) is 9.83. The number of fused-ring (bicyclic) bond motifs is 3. The van der Waals surface area contributed by atoms with Gasteiger partial charge < -0.3 is 4.90 Å². The van der Waals surface area contributed by atoms with Crippen LogP contribution in [0.2, 0.25) is 0 Å². The van der Waals surface area contributed by atoms with E-state index in [1.807, 2.05) is 0 Å². The Morgan fingerprint density at radius 1 is 1.12 bits per heavy atom. The summed E-state index contributed by atoms with van der Waals surface area (Å²) in [6, 6.07) is 5.13. The van der Waals surface area contributed by atoms with Gasteiger partial charge in [0.05, 0.1) is 6.04 Å². The summed E-state index contributed by atoms with van der Waals surface area (Å²) < 4.78 is 0. The largest absolute Gasteiger partial charge is 0.343 e. The molecule has 1 heteroatoms. The van der Waals surface area contributed by atoms with Crippen LogP contribution in [0.5, 0.6) is 0 Å². The van der Waals surface area contributed by atoms with E-state index >= 15 is 0 Å². The highest BCUT2D eigenvalue weighted by molar-refractivity contribution is 5.79. The molecular formula is C25H29N. The molecule has 0 aromatic heterocycles. The maximum Gasteiger partial charge on any atom is 0.0775 e. The first-order valence-electron chi connectivity index (χ1n) is 9.89. The molecule has 1 aliphatic carbocycles. The quantitative estimate of drug-likeness (QED) is 0.574. The monoisotopic (exact) mass is 343 g/mol. The predicted octanol–water partition coefficient (Wildman–Crippen LogP) is 6.95. The van der Waals surface area contributed by atoms with Crippen molar-refractivity contribution in [1.82, 2.24) is 4.90 Å². The van der Waals surface area contributed by atoms with E-state index in [1.54, 1.807) is 0 Å². The molecule has 0 N–H and O–H groups in total. The first kappa shape index (κ1) is 17.1. The Labute approximate surface area is 158 Å². The van der Waals surface area contributed by atoms with Gasteiger partial charge in [-0.2, -0.15) is 0 Å². The fraction of sp³-hybridized carbons (Fsp3) is 0.360. The number of rotatable bonds is 3. The normalized spacial score (nSPS) is 21.2. The maximum atomic E-state index is 2.48. The highest BCUT2D eigenvalue weighted by Gasteiger charge is 2.26. The van der Waals surface area contributed by atoms with Gasteiger partial charge in [0.1, 0.15) is 0 Å². The van der Waals surface area contributed by atoms with Gasteiger partial charge in [-0.3, -0.25) is 0 Å².